The van der Waals surface area contributed by atoms with Gasteiger partial charge in [-0.05, 0) is 35.9 Å². The second-order valence-electron chi connectivity index (χ2n) is 3.58. The molecule has 0 unspecified atom stereocenters. The van der Waals surface area contributed by atoms with Crippen LogP contribution in [0, 0.1) is 5.82 Å². The molecule has 2 aromatic carbocycles. The lowest BCUT2D eigenvalue weighted by Crippen LogP contribution is -1.97. The molecule has 0 fully saturated rings. The minimum absolute atomic E-state index is 0.371. The van der Waals surface area contributed by atoms with Gasteiger partial charge in [0.15, 0.2) is 0 Å². The summed E-state index contributed by atoms with van der Waals surface area (Å²) in [4.78, 5) is 10.5. The summed E-state index contributed by atoms with van der Waals surface area (Å²) in [5.74, 6) is -0.396. The van der Waals surface area contributed by atoms with Crippen LogP contribution < -0.4 is 5.32 Å². The van der Waals surface area contributed by atoms with Gasteiger partial charge in [0.2, 0.25) is 6.41 Å². The Balaban J connectivity index is 2.57. The molecule has 0 bridgehead atoms. The maximum atomic E-state index is 13.3. The van der Waals surface area contributed by atoms with E-state index in [1.807, 2.05) is 0 Å². The molecule has 0 aliphatic heterocycles. The summed E-state index contributed by atoms with van der Waals surface area (Å²) in [6.07, 6.45) is 0.536. The fourth-order valence-electron chi connectivity index (χ4n) is 1.61. The van der Waals surface area contributed by atoms with Crippen LogP contribution in [0.15, 0.2) is 36.4 Å². The third-order valence-corrected chi connectivity index (χ3v) is 3.17. The van der Waals surface area contributed by atoms with Gasteiger partial charge in [-0.2, -0.15) is 0 Å². The Morgan fingerprint density at radius 1 is 1.06 bits per heavy atom. The zero-order chi connectivity index (χ0) is 13.1. The van der Waals surface area contributed by atoms with Crippen molar-refractivity contribution < 1.29 is 9.18 Å². The maximum absolute atomic E-state index is 13.3. The molecule has 0 atom stereocenters. The highest BCUT2D eigenvalue weighted by Gasteiger charge is 2.08. The quantitative estimate of drug-likeness (QED) is 0.833. The average Bonchev–Trinajstić information content (AvgIpc) is 2.35. The van der Waals surface area contributed by atoms with Crippen LogP contribution in [0.3, 0.4) is 0 Å². The molecule has 0 aliphatic rings. The van der Waals surface area contributed by atoms with E-state index in [9.17, 15) is 9.18 Å². The molecule has 1 N–H and O–H groups in total. The van der Waals surface area contributed by atoms with Gasteiger partial charge in [-0.3, -0.25) is 4.79 Å². The fraction of sp³-hybridized carbons (Fsp3) is 0. The Morgan fingerprint density at radius 2 is 1.83 bits per heavy atom. The molecular weight excluding hydrogens is 276 g/mol. The third-order valence-electron chi connectivity index (χ3n) is 2.43. The zero-order valence-electron chi connectivity index (χ0n) is 9.08. The van der Waals surface area contributed by atoms with Crippen molar-refractivity contribution in [3.8, 4) is 11.1 Å². The molecule has 18 heavy (non-hydrogen) atoms. The first kappa shape index (κ1) is 12.9. The number of halogens is 3. The smallest absolute Gasteiger partial charge is 0.211 e. The van der Waals surface area contributed by atoms with E-state index >= 15 is 0 Å². The van der Waals surface area contributed by atoms with Crippen molar-refractivity contribution in [2.75, 3.05) is 5.32 Å². The maximum Gasteiger partial charge on any atom is 0.211 e. The number of carbonyl (C=O) groups is 1. The topological polar surface area (TPSA) is 29.1 Å². The second kappa shape index (κ2) is 5.38. The molecule has 0 aliphatic carbocycles. The van der Waals surface area contributed by atoms with Crippen molar-refractivity contribution >= 4 is 35.3 Å². The fourth-order valence-corrected chi connectivity index (χ4v) is 1.91. The molecule has 0 saturated carbocycles. The molecular formula is C13H8Cl2FNO. The van der Waals surface area contributed by atoms with Crippen molar-refractivity contribution in [2.45, 2.75) is 0 Å². The van der Waals surface area contributed by atoms with Gasteiger partial charge in [-0.15, -0.1) is 0 Å². The summed E-state index contributed by atoms with van der Waals surface area (Å²) in [7, 11) is 0. The van der Waals surface area contributed by atoms with E-state index in [0.29, 0.717) is 33.3 Å². The normalized spacial score (nSPS) is 10.2. The molecule has 0 aromatic heterocycles. The largest absolute Gasteiger partial charge is 0.328 e. The highest BCUT2D eigenvalue weighted by Crippen LogP contribution is 2.33. The van der Waals surface area contributed by atoms with Crippen molar-refractivity contribution in [2.24, 2.45) is 0 Å². The average molecular weight is 284 g/mol. The molecule has 92 valence electrons. The Bertz CT molecular complexity index is 602. The molecule has 1 amide bonds. The number of benzene rings is 2. The minimum atomic E-state index is -0.396. The number of hydrogen-bond acceptors (Lipinski definition) is 1. The SMILES string of the molecule is O=CNc1ccc(F)cc1-c1ccc(Cl)c(Cl)c1. The van der Waals surface area contributed by atoms with E-state index in [4.69, 9.17) is 23.2 Å². The van der Waals surface area contributed by atoms with Crippen LogP contribution in [0.1, 0.15) is 0 Å². The summed E-state index contributed by atoms with van der Waals surface area (Å²) in [6.45, 7) is 0. The first-order valence-electron chi connectivity index (χ1n) is 5.07. The van der Waals surface area contributed by atoms with Crippen LogP contribution in [-0.2, 0) is 4.79 Å². The summed E-state index contributed by atoms with van der Waals surface area (Å²) in [5.41, 5.74) is 1.72. The molecule has 2 aromatic rings. The lowest BCUT2D eigenvalue weighted by atomic mass is 10.0. The van der Waals surface area contributed by atoms with Crippen molar-refractivity contribution in [3.63, 3.8) is 0 Å². The third kappa shape index (κ3) is 2.63. The van der Waals surface area contributed by atoms with Crippen LogP contribution in [0.4, 0.5) is 10.1 Å². The van der Waals surface area contributed by atoms with E-state index in [2.05, 4.69) is 5.32 Å². The molecule has 0 spiro atoms. The minimum Gasteiger partial charge on any atom is -0.328 e. The van der Waals surface area contributed by atoms with E-state index in [0.717, 1.165) is 0 Å². The summed E-state index contributed by atoms with van der Waals surface area (Å²) in [6, 6.07) is 9.03. The second-order valence-corrected chi connectivity index (χ2v) is 4.40. The van der Waals surface area contributed by atoms with Gasteiger partial charge in [0.25, 0.3) is 0 Å². The van der Waals surface area contributed by atoms with Gasteiger partial charge >= 0.3 is 0 Å². The predicted molar refractivity (Wildman–Crippen MR) is 71.5 cm³/mol. The first-order valence-corrected chi connectivity index (χ1v) is 5.82. The van der Waals surface area contributed by atoms with E-state index < -0.39 is 5.82 Å². The zero-order valence-corrected chi connectivity index (χ0v) is 10.6. The van der Waals surface area contributed by atoms with Crippen LogP contribution in [0.25, 0.3) is 11.1 Å². The summed E-state index contributed by atoms with van der Waals surface area (Å²) >= 11 is 11.7. The summed E-state index contributed by atoms with van der Waals surface area (Å²) in [5, 5.41) is 3.30. The lowest BCUT2D eigenvalue weighted by Gasteiger charge is -2.09. The Kier molecular flexibility index (Phi) is 3.84. The van der Waals surface area contributed by atoms with Gasteiger partial charge in [0, 0.05) is 11.3 Å². The van der Waals surface area contributed by atoms with Gasteiger partial charge < -0.3 is 5.32 Å². The van der Waals surface area contributed by atoms with Crippen LogP contribution in [-0.4, -0.2) is 6.41 Å². The van der Waals surface area contributed by atoms with Crippen molar-refractivity contribution in [3.05, 3.63) is 52.3 Å². The van der Waals surface area contributed by atoms with E-state index in [1.165, 1.54) is 18.2 Å². The number of anilines is 1. The monoisotopic (exact) mass is 283 g/mol. The van der Waals surface area contributed by atoms with Crippen molar-refractivity contribution in [1.82, 2.24) is 0 Å². The van der Waals surface area contributed by atoms with E-state index in [1.54, 1.807) is 18.2 Å². The standard InChI is InChI=1S/C13H8Cl2FNO/c14-11-3-1-8(5-12(11)15)10-6-9(16)2-4-13(10)17-7-18/h1-7H,(H,17,18). The predicted octanol–water partition coefficient (Wildman–Crippen LogP) is 4.37. The summed E-state index contributed by atoms with van der Waals surface area (Å²) < 4.78 is 13.3. The highest BCUT2D eigenvalue weighted by molar-refractivity contribution is 6.42. The molecule has 2 nitrogen and oxygen atoms in total. The van der Waals surface area contributed by atoms with Crippen LogP contribution >= 0.6 is 23.2 Å². The Hall–Kier alpha value is -1.58. The Labute approximate surface area is 113 Å². The first-order chi connectivity index (χ1) is 8.61. The van der Waals surface area contributed by atoms with Crippen molar-refractivity contribution in [1.29, 1.82) is 0 Å². The Morgan fingerprint density at radius 3 is 2.50 bits per heavy atom. The highest BCUT2D eigenvalue weighted by atomic mass is 35.5. The molecule has 5 heteroatoms. The number of amides is 1. The number of nitrogens with one attached hydrogen (secondary N) is 1. The van der Waals surface area contributed by atoms with Gasteiger partial charge in [-0.1, -0.05) is 29.3 Å². The van der Waals surface area contributed by atoms with Gasteiger partial charge in [0.05, 0.1) is 10.0 Å². The molecule has 0 heterocycles. The van der Waals surface area contributed by atoms with Crippen LogP contribution in [0.2, 0.25) is 10.0 Å². The molecule has 2 rings (SSSR count). The number of hydrogen-bond donors (Lipinski definition) is 1. The molecule has 0 radical (unpaired) electrons. The lowest BCUT2D eigenvalue weighted by molar-refractivity contribution is -0.105. The van der Waals surface area contributed by atoms with Gasteiger partial charge in [-0.25, -0.2) is 4.39 Å². The van der Waals surface area contributed by atoms with Gasteiger partial charge in [0.1, 0.15) is 5.82 Å². The van der Waals surface area contributed by atoms with E-state index in [-0.39, 0.29) is 0 Å². The number of carbonyl (C=O) groups excluding carboxylic acids is 1. The number of rotatable bonds is 3. The molecule has 0 saturated heterocycles. The van der Waals surface area contributed by atoms with Crippen LogP contribution in [0.5, 0.6) is 0 Å².